The lowest BCUT2D eigenvalue weighted by Crippen LogP contribution is -2.04. The molecule has 0 aliphatic carbocycles. The first-order chi connectivity index (χ1) is 9.10. The van der Waals surface area contributed by atoms with Gasteiger partial charge in [-0.2, -0.15) is 4.98 Å². The maximum absolute atomic E-state index is 11.0. The molecule has 0 radical (unpaired) electrons. The van der Waals surface area contributed by atoms with Gasteiger partial charge < -0.3 is 14.4 Å². The fourth-order valence-corrected chi connectivity index (χ4v) is 1.60. The van der Waals surface area contributed by atoms with Crippen LogP contribution in [0.2, 0.25) is 5.02 Å². The van der Waals surface area contributed by atoms with Crippen molar-refractivity contribution in [2.75, 3.05) is 0 Å². The topological polar surface area (TPSA) is 85.5 Å². The molecular formula is C12H11ClN2O4. The zero-order valence-corrected chi connectivity index (χ0v) is 10.8. The third-order valence-corrected chi connectivity index (χ3v) is 2.58. The molecule has 0 aliphatic rings. The van der Waals surface area contributed by atoms with Gasteiger partial charge in [0.05, 0.1) is 0 Å². The van der Waals surface area contributed by atoms with E-state index in [0.29, 0.717) is 23.2 Å². The van der Waals surface area contributed by atoms with E-state index in [1.165, 1.54) is 12.1 Å². The van der Waals surface area contributed by atoms with Crippen molar-refractivity contribution in [2.45, 2.75) is 20.0 Å². The minimum Gasteiger partial charge on any atom is -0.485 e. The Morgan fingerprint density at radius 3 is 2.95 bits per heavy atom. The molecule has 1 aromatic heterocycles. The number of halogens is 1. The van der Waals surface area contributed by atoms with Gasteiger partial charge in [0.15, 0.2) is 6.61 Å². The molecule has 7 heteroatoms. The lowest BCUT2D eigenvalue weighted by Gasteiger charge is -2.07. The summed E-state index contributed by atoms with van der Waals surface area (Å²) in [7, 11) is 0. The molecule has 0 amide bonds. The molecule has 0 saturated carbocycles. The van der Waals surface area contributed by atoms with Crippen molar-refractivity contribution in [2.24, 2.45) is 0 Å². The molecule has 0 fully saturated rings. The first kappa shape index (κ1) is 13.4. The number of benzene rings is 1. The van der Waals surface area contributed by atoms with Crippen LogP contribution in [-0.2, 0) is 13.0 Å². The van der Waals surface area contributed by atoms with Gasteiger partial charge in [-0.05, 0) is 18.2 Å². The van der Waals surface area contributed by atoms with Crippen LogP contribution in [0.15, 0.2) is 22.7 Å². The molecule has 1 N–H and O–H groups in total. The number of ether oxygens (including phenoxy) is 1. The quantitative estimate of drug-likeness (QED) is 0.907. The standard InChI is InChI=1S/C12H11ClN2O4/c1-2-11-14-10(15-19-11)6-18-9-4-3-7(13)5-8(9)12(16)17/h3-5H,2,6H2,1H3,(H,16,17). The van der Waals surface area contributed by atoms with E-state index in [1.807, 2.05) is 6.92 Å². The Bertz CT molecular complexity index is 597. The summed E-state index contributed by atoms with van der Waals surface area (Å²) in [5, 5.41) is 13.1. The predicted octanol–water partition coefficient (Wildman–Crippen LogP) is 2.56. The molecule has 0 bridgehead atoms. The largest absolute Gasteiger partial charge is 0.485 e. The van der Waals surface area contributed by atoms with E-state index >= 15 is 0 Å². The lowest BCUT2D eigenvalue weighted by molar-refractivity contribution is 0.0691. The number of rotatable bonds is 5. The van der Waals surface area contributed by atoms with E-state index in [9.17, 15) is 4.79 Å². The van der Waals surface area contributed by atoms with Crippen LogP contribution in [0.1, 0.15) is 29.0 Å². The fraction of sp³-hybridized carbons (Fsp3) is 0.250. The Labute approximate surface area is 114 Å². The highest BCUT2D eigenvalue weighted by Crippen LogP contribution is 2.23. The van der Waals surface area contributed by atoms with Crippen LogP contribution in [0, 0.1) is 0 Å². The first-order valence-electron chi connectivity index (χ1n) is 5.57. The van der Waals surface area contributed by atoms with Gasteiger partial charge in [-0.25, -0.2) is 4.79 Å². The van der Waals surface area contributed by atoms with Gasteiger partial charge in [-0.1, -0.05) is 23.7 Å². The summed E-state index contributed by atoms with van der Waals surface area (Å²) in [5.41, 5.74) is -0.00768. The average molecular weight is 283 g/mol. The van der Waals surface area contributed by atoms with E-state index in [2.05, 4.69) is 10.1 Å². The van der Waals surface area contributed by atoms with Crippen LogP contribution in [-0.4, -0.2) is 21.2 Å². The summed E-state index contributed by atoms with van der Waals surface area (Å²) in [6, 6.07) is 4.37. The molecule has 0 aliphatic heterocycles. The average Bonchev–Trinajstić information content (AvgIpc) is 2.85. The Morgan fingerprint density at radius 2 is 2.32 bits per heavy atom. The van der Waals surface area contributed by atoms with Gasteiger partial charge in [-0.3, -0.25) is 0 Å². The number of aromatic nitrogens is 2. The summed E-state index contributed by atoms with van der Waals surface area (Å²) in [5.74, 6) is -0.0316. The number of hydrogen-bond donors (Lipinski definition) is 1. The third-order valence-electron chi connectivity index (χ3n) is 2.34. The number of aromatic carboxylic acids is 1. The Balaban J connectivity index is 2.12. The number of carboxylic acid groups (broad SMARTS) is 1. The van der Waals surface area contributed by atoms with Crippen LogP contribution >= 0.6 is 11.6 Å². The maximum Gasteiger partial charge on any atom is 0.339 e. The van der Waals surface area contributed by atoms with Crippen molar-refractivity contribution in [3.8, 4) is 5.75 Å². The second kappa shape index (κ2) is 5.71. The summed E-state index contributed by atoms with van der Waals surface area (Å²) in [6.45, 7) is 1.92. The summed E-state index contributed by atoms with van der Waals surface area (Å²) < 4.78 is 10.3. The predicted molar refractivity (Wildman–Crippen MR) is 66.4 cm³/mol. The molecule has 2 aromatic rings. The van der Waals surface area contributed by atoms with Crippen molar-refractivity contribution < 1.29 is 19.2 Å². The van der Waals surface area contributed by atoms with Crippen LogP contribution in [0.25, 0.3) is 0 Å². The van der Waals surface area contributed by atoms with Gasteiger partial charge in [0, 0.05) is 11.4 Å². The zero-order valence-electron chi connectivity index (χ0n) is 10.1. The molecule has 19 heavy (non-hydrogen) atoms. The van der Waals surface area contributed by atoms with E-state index in [4.69, 9.17) is 26.0 Å². The Hall–Kier alpha value is -2.08. The molecule has 100 valence electrons. The van der Waals surface area contributed by atoms with Crippen LogP contribution in [0.5, 0.6) is 5.75 Å². The molecular weight excluding hydrogens is 272 g/mol. The second-order valence-corrected chi connectivity index (χ2v) is 4.13. The van der Waals surface area contributed by atoms with Gasteiger partial charge in [0.2, 0.25) is 11.7 Å². The first-order valence-corrected chi connectivity index (χ1v) is 5.95. The number of carbonyl (C=O) groups is 1. The van der Waals surface area contributed by atoms with Gasteiger partial charge in [-0.15, -0.1) is 0 Å². The minimum atomic E-state index is -1.11. The number of aryl methyl sites for hydroxylation is 1. The van der Waals surface area contributed by atoms with E-state index < -0.39 is 5.97 Å². The fourth-order valence-electron chi connectivity index (χ4n) is 1.43. The summed E-state index contributed by atoms with van der Waals surface area (Å²) in [4.78, 5) is 15.1. The molecule has 2 rings (SSSR count). The van der Waals surface area contributed by atoms with Crippen molar-refractivity contribution in [3.05, 3.63) is 40.5 Å². The highest BCUT2D eigenvalue weighted by molar-refractivity contribution is 6.31. The van der Waals surface area contributed by atoms with Gasteiger partial charge in [0.1, 0.15) is 11.3 Å². The second-order valence-electron chi connectivity index (χ2n) is 3.69. The summed E-state index contributed by atoms with van der Waals surface area (Å²) in [6.07, 6.45) is 0.633. The minimum absolute atomic E-state index is 0.00768. The van der Waals surface area contributed by atoms with Crippen molar-refractivity contribution in [3.63, 3.8) is 0 Å². The molecule has 0 saturated heterocycles. The Morgan fingerprint density at radius 1 is 1.53 bits per heavy atom. The van der Waals surface area contributed by atoms with E-state index in [0.717, 1.165) is 0 Å². The SMILES string of the molecule is CCc1nc(COc2ccc(Cl)cc2C(=O)O)no1. The van der Waals surface area contributed by atoms with Crippen LogP contribution in [0.3, 0.4) is 0 Å². The van der Waals surface area contributed by atoms with Crippen molar-refractivity contribution in [1.29, 1.82) is 0 Å². The molecule has 1 aromatic carbocycles. The number of nitrogens with zero attached hydrogens (tertiary/aromatic N) is 2. The van der Waals surface area contributed by atoms with Gasteiger partial charge in [0.25, 0.3) is 0 Å². The molecule has 0 unspecified atom stereocenters. The summed E-state index contributed by atoms with van der Waals surface area (Å²) >= 11 is 5.74. The monoisotopic (exact) mass is 282 g/mol. The molecule has 0 atom stereocenters. The van der Waals surface area contributed by atoms with Gasteiger partial charge >= 0.3 is 5.97 Å². The maximum atomic E-state index is 11.0. The molecule has 6 nitrogen and oxygen atoms in total. The normalized spacial score (nSPS) is 10.4. The smallest absolute Gasteiger partial charge is 0.339 e. The number of hydrogen-bond acceptors (Lipinski definition) is 5. The third kappa shape index (κ3) is 3.23. The highest BCUT2D eigenvalue weighted by atomic mass is 35.5. The van der Waals surface area contributed by atoms with Crippen LogP contribution < -0.4 is 4.74 Å². The number of carboxylic acids is 1. The Kier molecular flexibility index (Phi) is 4.01. The lowest BCUT2D eigenvalue weighted by atomic mass is 10.2. The molecule has 0 spiro atoms. The molecule has 1 heterocycles. The van der Waals surface area contributed by atoms with Crippen LogP contribution in [0.4, 0.5) is 0 Å². The van der Waals surface area contributed by atoms with E-state index in [-0.39, 0.29) is 17.9 Å². The zero-order chi connectivity index (χ0) is 13.8. The van der Waals surface area contributed by atoms with E-state index in [1.54, 1.807) is 6.07 Å². The van der Waals surface area contributed by atoms with Crippen molar-refractivity contribution in [1.82, 2.24) is 10.1 Å². The highest BCUT2D eigenvalue weighted by Gasteiger charge is 2.13. The van der Waals surface area contributed by atoms with Crippen molar-refractivity contribution >= 4 is 17.6 Å².